The minimum atomic E-state index is -5.37. The molecule has 65 heavy (non-hydrogen) atoms. The minimum absolute atomic E-state index is 0.0402. The van der Waals surface area contributed by atoms with Crippen molar-refractivity contribution in [1.82, 2.24) is 0 Å². The van der Waals surface area contributed by atoms with Gasteiger partial charge in [0.2, 0.25) is 0 Å². The molecular weight excluding hydrogens is 882 g/mol. The fourth-order valence-electron chi connectivity index (χ4n) is 7.19. The van der Waals surface area contributed by atoms with E-state index in [0.717, 1.165) is 77.0 Å². The number of carbonyl (C=O) groups excluding carboxylic acids is 2. The minimum Gasteiger partial charge on any atom is -0.462 e. The highest BCUT2D eigenvalue weighted by atomic mass is 31.2. The van der Waals surface area contributed by atoms with Gasteiger partial charge in [-0.25, -0.2) is 9.13 Å². The largest absolute Gasteiger partial charge is 0.472 e. The number of hydrogen-bond acceptors (Lipinski definition) is 13. The van der Waals surface area contributed by atoms with Crippen molar-refractivity contribution < 1.29 is 76.9 Å². The SMILES string of the molecule is CCC=CCC=CCC=CCC=CCCCCCCC(=O)OC[C@H](COP(=O)(O)O[C@H]1C(O)C(O)C(O)[C@@H](OP(=O)(O)O)C1O)OC(=O)CCCCCCCCCCCCCCCCC. The molecule has 8 atom stereocenters. The first kappa shape index (κ1) is 61.0. The van der Waals surface area contributed by atoms with Crippen LogP contribution in [0.4, 0.5) is 0 Å². The van der Waals surface area contributed by atoms with E-state index in [9.17, 15) is 53.8 Å². The molecule has 378 valence electrons. The number of aliphatic hydroxyl groups excluding tert-OH is 4. The van der Waals surface area contributed by atoms with E-state index in [1.165, 1.54) is 64.2 Å². The number of rotatable bonds is 40. The summed E-state index contributed by atoms with van der Waals surface area (Å²) in [6, 6.07) is 0. The highest BCUT2D eigenvalue weighted by Crippen LogP contribution is 2.49. The number of esters is 2. The molecule has 0 radical (unpaired) electrons. The number of phosphoric ester groups is 2. The number of carbonyl (C=O) groups is 2. The van der Waals surface area contributed by atoms with Crippen molar-refractivity contribution in [3.05, 3.63) is 48.6 Å². The summed E-state index contributed by atoms with van der Waals surface area (Å²) >= 11 is 0. The maximum absolute atomic E-state index is 13.0. The zero-order chi connectivity index (χ0) is 48.2. The summed E-state index contributed by atoms with van der Waals surface area (Å²) in [6.07, 6.45) is 27.8. The van der Waals surface area contributed by atoms with Gasteiger partial charge in [0, 0.05) is 12.8 Å². The van der Waals surface area contributed by atoms with Crippen LogP contribution in [0.1, 0.15) is 181 Å². The van der Waals surface area contributed by atoms with Crippen LogP contribution in [0.2, 0.25) is 0 Å². The maximum atomic E-state index is 13.0. The zero-order valence-electron chi connectivity index (χ0n) is 39.2. The van der Waals surface area contributed by atoms with E-state index in [0.29, 0.717) is 12.8 Å². The first-order chi connectivity index (χ1) is 31.1. The average molecular weight is 967 g/mol. The van der Waals surface area contributed by atoms with Crippen LogP contribution < -0.4 is 0 Å². The van der Waals surface area contributed by atoms with E-state index in [2.05, 4.69) is 67.0 Å². The van der Waals surface area contributed by atoms with Crippen LogP contribution in [-0.2, 0) is 41.8 Å². The molecule has 0 aromatic heterocycles. The third-order valence-corrected chi connectivity index (χ3v) is 12.4. The van der Waals surface area contributed by atoms with Crippen LogP contribution in [0.5, 0.6) is 0 Å². The molecule has 7 N–H and O–H groups in total. The number of allylic oxidation sites excluding steroid dienone is 8. The van der Waals surface area contributed by atoms with E-state index >= 15 is 0 Å². The van der Waals surface area contributed by atoms with Gasteiger partial charge >= 0.3 is 27.6 Å². The van der Waals surface area contributed by atoms with Crippen LogP contribution in [0.25, 0.3) is 0 Å². The second kappa shape index (κ2) is 37.9. The lowest BCUT2D eigenvalue weighted by molar-refractivity contribution is -0.216. The Balaban J connectivity index is 2.59. The second-order valence-corrected chi connectivity index (χ2v) is 19.4. The molecule has 0 amide bonds. The molecule has 16 nitrogen and oxygen atoms in total. The number of hydrogen-bond donors (Lipinski definition) is 7. The molecule has 18 heteroatoms. The predicted molar refractivity (Wildman–Crippen MR) is 250 cm³/mol. The molecule has 0 aliphatic heterocycles. The summed E-state index contributed by atoms with van der Waals surface area (Å²) in [4.78, 5) is 54.3. The molecule has 0 heterocycles. The molecule has 1 rings (SSSR count). The van der Waals surface area contributed by atoms with Crippen LogP contribution in [0, 0.1) is 0 Å². The third kappa shape index (κ3) is 32.4. The summed E-state index contributed by atoms with van der Waals surface area (Å²) < 4.78 is 49.4. The zero-order valence-corrected chi connectivity index (χ0v) is 40.9. The topological polar surface area (TPSA) is 256 Å². The van der Waals surface area contributed by atoms with Crippen molar-refractivity contribution in [2.45, 2.75) is 224 Å². The smallest absolute Gasteiger partial charge is 0.462 e. The Hall–Kier alpha value is -2.04. The summed E-state index contributed by atoms with van der Waals surface area (Å²) in [5.74, 6) is -1.23. The van der Waals surface area contributed by atoms with Crippen LogP contribution in [0.15, 0.2) is 48.6 Å². The standard InChI is InChI=1S/C47H84O16P2/c1-3-5-7-9-11-13-15-17-19-20-22-23-25-27-29-31-33-35-40(48)59-37-39(61-41(49)36-34-32-30-28-26-24-21-18-16-14-12-10-8-6-4-2)38-60-65(57,58)63-47-44(52)42(50)43(51)46(45(47)53)62-64(54,55)56/h5,7,11,13,17,19,22-23,39,42-47,50-53H,3-4,6,8-10,12,14-16,18,20-21,24-38H2,1-2H3,(H,57,58)(H2,54,55,56)/t39-,42?,43?,44?,45?,46-,47+/m1/s1. The van der Waals surface area contributed by atoms with Gasteiger partial charge in [-0.3, -0.25) is 23.2 Å². The first-order valence-corrected chi connectivity index (χ1v) is 27.2. The van der Waals surface area contributed by atoms with Gasteiger partial charge in [-0.1, -0.05) is 165 Å². The Bertz CT molecular complexity index is 1450. The molecule has 0 aromatic carbocycles. The molecule has 1 aliphatic carbocycles. The van der Waals surface area contributed by atoms with Gasteiger partial charge in [0.15, 0.2) is 6.10 Å². The molecular formula is C47H84O16P2. The number of unbranched alkanes of at least 4 members (excludes halogenated alkanes) is 18. The van der Waals surface area contributed by atoms with Gasteiger partial charge in [-0.05, 0) is 51.4 Å². The number of ether oxygens (including phenoxy) is 2. The fourth-order valence-corrected chi connectivity index (χ4v) is 8.73. The van der Waals surface area contributed by atoms with Crippen LogP contribution >= 0.6 is 15.6 Å². The van der Waals surface area contributed by atoms with Crippen molar-refractivity contribution >= 4 is 27.6 Å². The Morgan fingerprint density at radius 2 is 0.938 bits per heavy atom. The molecule has 1 saturated carbocycles. The Kier molecular flexibility index (Phi) is 35.5. The molecule has 0 aromatic rings. The Morgan fingerprint density at radius 1 is 0.508 bits per heavy atom. The van der Waals surface area contributed by atoms with E-state index in [4.69, 9.17) is 18.5 Å². The number of aliphatic hydroxyl groups is 4. The van der Waals surface area contributed by atoms with Gasteiger partial charge in [-0.15, -0.1) is 0 Å². The monoisotopic (exact) mass is 967 g/mol. The quantitative estimate of drug-likeness (QED) is 0.0131. The van der Waals surface area contributed by atoms with Gasteiger partial charge in [0.05, 0.1) is 6.61 Å². The van der Waals surface area contributed by atoms with Crippen molar-refractivity contribution in [3.8, 4) is 0 Å². The van der Waals surface area contributed by atoms with Crippen LogP contribution in [-0.4, -0.2) is 103 Å². The van der Waals surface area contributed by atoms with Gasteiger partial charge in [0.1, 0.15) is 43.2 Å². The lowest BCUT2D eigenvalue weighted by Crippen LogP contribution is -2.64. The molecule has 1 fully saturated rings. The predicted octanol–water partition coefficient (Wildman–Crippen LogP) is 9.29. The highest BCUT2D eigenvalue weighted by molar-refractivity contribution is 7.47. The van der Waals surface area contributed by atoms with Crippen molar-refractivity contribution in [2.75, 3.05) is 13.2 Å². The average Bonchev–Trinajstić information content (AvgIpc) is 3.26. The highest BCUT2D eigenvalue weighted by Gasteiger charge is 2.54. The van der Waals surface area contributed by atoms with Crippen molar-refractivity contribution in [2.24, 2.45) is 0 Å². The summed E-state index contributed by atoms with van der Waals surface area (Å²) in [5, 5.41) is 41.2. The Labute approximate surface area is 388 Å². The van der Waals surface area contributed by atoms with Gasteiger partial charge < -0.3 is 44.6 Å². The van der Waals surface area contributed by atoms with Crippen LogP contribution in [0.3, 0.4) is 0 Å². The first-order valence-electron chi connectivity index (χ1n) is 24.2. The van der Waals surface area contributed by atoms with Gasteiger partial charge in [-0.2, -0.15) is 0 Å². The second-order valence-electron chi connectivity index (χ2n) is 16.8. The molecule has 0 saturated heterocycles. The fraction of sp³-hybridized carbons (Fsp3) is 0.787. The molecule has 1 aliphatic rings. The van der Waals surface area contributed by atoms with E-state index in [1.54, 1.807) is 0 Å². The van der Waals surface area contributed by atoms with E-state index in [-0.39, 0.29) is 12.8 Å². The maximum Gasteiger partial charge on any atom is 0.472 e. The summed E-state index contributed by atoms with van der Waals surface area (Å²) in [5.41, 5.74) is 0. The molecule has 5 unspecified atom stereocenters. The normalized spacial score (nSPS) is 22.0. The lowest BCUT2D eigenvalue weighted by atomic mass is 9.85. The molecule has 0 spiro atoms. The van der Waals surface area contributed by atoms with Crippen molar-refractivity contribution in [3.63, 3.8) is 0 Å². The summed E-state index contributed by atoms with van der Waals surface area (Å²) in [6.45, 7) is 2.98. The van der Waals surface area contributed by atoms with E-state index < -0.39 is 83.5 Å². The summed E-state index contributed by atoms with van der Waals surface area (Å²) in [7, 11) is -10.7. The van der Waals surface area contributed by atoms with Gasteiger partial charge in [0.25, 0.3) is 0 Å². The number of phosphoric acid groups is 2. The third-order valence-electron chi connectivity index (χ3n) is 10.9. The lowest BCUT2D eigenvalue weighted by Gasteiger charge is -2.43. The van der Waals surface area contributed by atoms with Crippen molar-refractivity contribution in [1.29, 1.82) is 0 Å². The Morgan fingerprint density at radius 3 is 1.43 bits per heavy atom. The molecule has 0 bridgehead atoms. The van der Waals surface area contributed by atoms with E-state index in [1.807, 2.05) is 0 Å².